The average molecular weight is 514 g/mol. The number of hydrogen-bond donors (Lipinski definition) is 2. The van der Waals surface area contributed by atoms with E-state index in [1.165, 1.54) is 6.07 Å². The molecule has 5 saturated carbocycles. The second-order valence-electron chi connectivity index (χ2n) is 12.6. The number of imidazole rings is 1. The molecule has 1 aliphatic heterocycles. The van der Waals surface area contributed by atoms with Crippen LogP contribution in [0.4, 0.5) is 4.39 Å². The maximum Gasteiger partial charge on any atom is 0.212 e. The van der Waals surface area contributed by atoms with Gasteiger partial charge < -0.3 is 9.67 Å². The average Bonchev–Trinajstić information content (AvgIpc) is 3.56. The maximum absolute atomic E-state index is 15.0. The molecule has 6 aliphatic rings. The van der Waals surface area contributed by atoms with E-state index in [9.17, 15) is 17.9 Å². The van der Waals surface area contributed by atoms with Crippen molar-refractivity contribution in [2.45, 2.75) is 82.4 Å². The van der Waals surface area contributed by atoms with E-state index in [-0.39, 0.29) is 40.9 Å². The van der Waals surface area contributed by atoms with Crippen LogP contribution in [0.1, 0.15) is 75.8 Å². The third-order valence-electron chi connectivity index (χ3n) is 10.4. The van der Waals surface area contributed by atoms with Gasteiger partial charge in [-0.15, -0.1) is 0 Å². The molecule has 1 aromatic heterocycles. The van der Waals surface area contributed by atoms with Gasteiger partial charge in [-0.2, -0.15) is 0 Å². The molecule has 4 unspecified atom stereocenters. The van der Waals surface area contributed by atoms with Gasteiger partial charge in [0.05, 0.1) is 36.1 Å². The van der Waals surface area contributed by atoms with Crippen molar-refractivity contribution >= 4 is 10.0 Å². The summed E-state index contributed by atoms with van der Waals surface area (Å²) in [5.41, 5.74) is 2.23. The number of nitrogens with one attached hydrogen (secondary N) is 1. The van der Waals surface area contributed by atoms with Gasteiger partial charge in [-0.3, -0.25) is 0 Å². The summed E-state index contributed by atoms with van der Waals surface area (Å²) in [4.78, 5) is 4.30. The van der Waals surface area contributed by atoms with Crippen LogP contribution in [0.5, 0.6) is 0 Å². The van der Waals surface area contributed by atoms with Crippen molar-refractivity contribution in [1.29, 1.82) is 0 Å². The van der Waals surface area contributed by atoms with Crippen molar-refractivity contribution in [2.75, 3.05) is 5.75 Å². The van der Waals surface area contributed by atoms with Crippen LogP contribution >= 0.6 is 0 Å². The monoisotopic (exact) mass is 513 g/mol. The first-order chi connectivity index (χ1) is 17.3. The predicted octanol–water partition coefficient (Wildman–Crippen LogP) is 4.65. The Labute approximate surface area is 212 Å². The summed E-state index contributed by atoms with van der Waals surface area (Å²) in [5.74, 6) is 1.44. The van der Waals surface area contributed by atoms with Gasteiger partial charge in [0.15, 0.2) is 0 Å². The molecule has 194 valence electrons. The van der Waals surface area contributed by atoms with Crippen LogP contribution in [0.25, 0.3) is 11.3 Å². The fourth-order valence-electron chi connectivity index (χ4n) is 9.12. The highest BCUT2D eigenvalue weighted by molar-refractivity contribution is 7.89. The van der Waals surface area contributed by atoms with Gasteiger partial charge in [0.25, 0.3) is 0 Å². The molecule has 0 amide bonds. The Hall–Kier alpha value is -1.77. The largest absolute Gasteiger partial charge is 0.392 e. The van der Waals surface area contributed by atoms with Crippen LogP contribution in [0.2, 0.25) is 0 Å². The highest BCUT2D eigenvalue weighted by atomic mass is 32.2. The molecular weight excluding hydrogens is 477 g/mol. The lowest BCUT2D eigenvalue weighted by molar-refractivity contribution is -0.134. The Balaban J connectivity index is 1.11. The standard InChI is InChI=1S/C28H36FN3O3S/c29-22-7-3-6-21-24-14-30-16-32(24)23(26(21)22)10-25(33)28-11-18-8-19(12-28)27(20(9-18)13-28)31-36(34,35)15-17-4-1-2-5-17/h3,6-7,14,16-20,23,25,27,31,33H,1-2,4-5,8-13,15H2. The highest BCUT2D eigenvalue weighted by Crippen LogP contribution is 2.62. The predicted molar refractivity (Wildman–Crippen MR) is 135 cm³/mol. The molecule has 2 heterocycles. The normalized spacial score (nSPS) is 35.8. The van der Waals surface area contributed by atoms with Crippen LogP contribution in [-0.4, -0.2) is 41.0 Å². The first kappa shape index (κ1) is 23.4. The number of hydrogen-bond acceptors (Lipinski definition) is 4. The highest BCUT2D eigenvalue weighted by Gasteiger charge is 2.58. The molecule has 0 spiro atoms. The molecule has 8 heteroatoms. The van der Waals surface area contributed by atoms with Gasteiger partial charge in [0.1, 0.15) is 5.82 Å². The number of nitrogens with zero attached hydrogens (tertiary/aromatic N) is 2. The van der Waals surface area contributed by atoms with Crippen LogP contribution in [0.15, 0.2) is 30.7 Å². The minimum absolute atomic E-state index is 0.00168. The molecule has 0 radical (unpaired) electrons. The molecule has 0 saturated heterocycles. The molecule has 4 atom stereocenters. The number of aliphatic hydroxyl groups is 1. The van der Waals surface area contributed by atoms with Gasteiger partial charge in [0.2, 0.25) is 10.0 Å². The number of halogens is 1. The number of benzene rings is 1. The van der Waals surface area contributed by atoms with Crippen molar-refractivity contribution in [3.05, 3.63) is 42.1 Å². The summed E-state index contributed by atoms with van der Waals surface area (Å²) < 4.78 is 46.2. The molecule has 2 N–H and O–H groups in total. The van der Waals surface area contributed by atoms with Crippen LogP contribution in [0, 0.1) is 34.9 Å². The van der Waals surface area contributed by atoms with E-state index in [1.807, 2.05) is 10.6 Å². The molecule has 2 aromatic rings. The topological polar surface area (TPSA) is 84.2 Å². The second kappa shape index (κ2) is 8.37. The van der Waals surface area contributed by atoms with E-state index in [2.05, 4.69) is 9.71 Å². The fraction of sp³-hybridized carbons (Fsp3) is 0.679. The molecule has 8 rings (SSSR count). The number of fused-ring (bicyclic) bond motifs is 3. The van der Waals surface area contributed by atoms with Crippen molar-refractivity contribution in [2.24, 2.45) is 29.1 Å². The number of sulfonamides is 1. The van der Waals surface area contributed by atoms with Gasteiger partial charge in [-0.05, 0) is 86.5 Å². The summed E-state index contributed by atoms with van der Waals surface area (Å²) in [5, 5.41) is 11.8. The maximum atomic E-state index is 15.0. The number of rotatable bonds is 7. The van der Waals surface area contributed by atoms with E-state index < -0.39 is 16.1 Å². The Morgan fingerprint density at radius 3 is 2.67 bits per heavy atom. The van der Waals surface area contributed by atoms with Crippen molar-refractivity contribution in [1.82, 2.24) is 14.3 Å². The fourth-order valence-corrected chi connectivity index (χ4v) is 11.0. The number of aliphatic hydroxyl groups excluding tert-OH is 1. The minimum atomic E-state index is -3.30. The van der Waals surface area contributed by atoms with Crippen LogP contribution < -0.4 is 4.72 Å². The van der Waals surface area contributed by atoms with Gasteiger partial charge in [-0.1, -0.05) is 25.0 Å². The molecule has 4 bridgehead atoms. The van der Waals surface area contributed by atoms with E-state index in [4.69, 9.17) is 0 Å². The SMILES string of the molecule is O=S(=O)(CC1CCCC1)NC1C2CC3CC1CC(C(O)CC1c4c(F)cccc4-c4cncn41)(C3)C2. The summed E-state index contributed by atoms with van der Waals surface area (Å²) in [6.07, 6.45) is 12.6. The Morgan fingerprint density at radius 1 is 1.17 bits per heavy atom. The zero-order valence-electron chi connectivity index (χ0n) is 20.7. The zero-order chi connectivity index (χ0) is 24.7. The van der Waals surface area contributed by atoms with Gasteiger partial charge in [0, 0.05) is 17.2 Å². The summed E-state index contributed by atoms with van der Waals surface area (Å²) in [6, 6.07) is 4.91. The molecular formula is C28H36FN3O3S. The number of aromatic nitrogens is 2. The Bertz CT molecular complexity index is 1250. The first-order valence-electron chi connectivity index (χ1n) is 13.8. The minimum Gasteiger partial charge on any atom is -0.392 e. The first-order valence-corrected chi connectivity index (χ1v) is 15.5. The third kappa shape index (κ3) is 3.70. The lowest BCUT2D eigenvalue weighted by Gasteiger charge is -2.61. The summed E-state index contributed by atoms with van der Waals surface area (Å²) >= 11 is 0. The Kier molecular flexibility index (Phi) is 5.43. The van der Waals surface area contributed by atoms with E-state index in [0.29, 0.717) is 23.8 Å². The third-order valence-corrected chi connectivity index (χ3v) is 11.9. The van der Waals surface area contributed by atoms with E-state index >= 15 is 0 Å². The van der Waals surface area contributed by atoms with Crippen molar-refractivity contribution < 1.29 is 17.9 Å². The summed E-state index contributed by atoms with van der Waals surface area (Å²) in [6.45, 7) is 0. The quantitative estimate of drug-likeness (QED) is 0.565. The molecule has 6 nitrogen and oxygen atoms in total. The molecule has 5 fully saturated rings. The Morgan fingerprint density at radius 2 is 1.92 bits per heavy atom. The molecule has 36 heavy (non-hydrogen) atoms. The van der Waals surface area contributed by atoms with Crippen LogP contribution in [-0.2, 0) is 10.0 Å². The smallest absolute Gasteiger partial charge is 0.212 e. The molecule has 1 aromatic carbocycles. The van der Waals surface area contributed by atoms with Gasteiger partial charge >= 0.3 is 0 Å². The second-order valence-corrected chi connectivity index (χ2v) is 14.4. The van der Waals surface area contributed by atoms with Crippen LogP contribution in [0.3, 0.4) is 0 Å². The van der Waals surface area contributed by atoms with Gasteiger partial charge in [-0.25, -0.2) is 22.5 Å². The van der Waals surface area contributed by atoms with Crippen molar-refractivity contribution in [3.63, 3.8) is 0 Å². The van der Waals surface area contributed by atoms with E-state index in [1.54, 1.807) is 18.6 Å². The summed E-state index contributed by atoms with van der Waals surface area (Å²) in [7, 11) is -3.30. The van der Waals surface area contributed by atoms with E-state index in [0.717, 1.165) is 69.0 Å². The molecule has 5 aliphatic carbocycles. The van der Waals surface area contributed by atoms with Crippen molar-refractivity contribution in [3.8, 4) is 11.3 Å². The lowest BCUT2D eigenvalue weighted by atomic mass is 9.46. The lowest BCUT2D eigenvalue weighted by Crippen LogP contribution is -2.62. The zero-order valence-corrected chi connectivity index (χ0v) is 21.5.